The minimum absolute atomic E-state index is 0.279. The van der Waals surface area contributed by atoms with E-state index in [1.807, 2.05) is 29.1 Å². The Morgan fingerprint density at radius 1 is 1.41 bits per heavy atom. The van der Waals surface area contributed by atoms with Gasteiger partial charge >= 0.3 is 0 Å². The van der Waals surface area contributed by atoms with Crippen molar-refractivity contribution >= 4 is 49.8 Å². The number of carbonyl (C=O) groups excluding carboxylic acids is 1. The number of halogens is 1. The molecule has 0 saturated heterocycles. The highest BCUT2D eigenvalue weighted by atomic mass is 79.9. The van der Waals surface area contributed by atoms with Crippen LogP contribution < -0.4 is 5.32 Å². The van der Waals surface area contributed by atoms with Gasteiger partial charge < -0.3 is 14.8 Å². The highest BCUT2D eigenvalue weighted by molar-refractivity contribution is 9.11. The summed E-state index contributed by atoms with van der Waals surface area (Å²) in [4.78, 5) is 16.7. The largest absolute Gasteiger partial charge is 0.472 e. The Kier molecular flexibility index (Phi) is 5.28. The van der Waals surface area contributed by atoms with Crippen LogP contribution in [0.1, 0.15) is 30.8 Å². The number of thiazole rings is 1. The first-order chi connectivity index (χ1) is 13.8. The van der Waals surface area contributed by atoms with Crippen LogP contribution >= 0.6 is 27.3 Å². The van der Waals surface area contributed by atoms with E-state index < -0.39 is 5.60 Å². The maximum atomic E-state index is 12.5. The number of furan rings is 1. The van der Waals surface area contributed by atoms with Gasteiger partial charge in [0, 0.05) is 40.3 Å². The second kappa shape index (κ2) is 7.74. The van der Waals surface area contributed by atoms with Gasteiger partial charge in [0.15, 0.2) is 3.92 Å². The van der Waals surface area contributed by atoms with Gasteiger partial charge in [-0.3, -0.25) is 9.48 Å². The molecule has 29 heavy (non-hydrogen) atoms. The molecule has 1 aromatic carbocycles. The van der Waals surface area contributed by atoms with Crippen LogP contribution in [-0.4, -0.2) is 31.4 Å². The standard InChI is InChI=1S/C20H19BrN4O3S/c1-20(2,27)4-5-25-9-13-7-14(22-18(26)16-11-29-19(21)23-16)8-15(17(13)24-25)12-3-6-28-10-12/h3,6-11,27H,4-5H2,1-2H3,(H,22,26). The summed E-state index contributed by atoms with van der Waals surface area (Å²) in [6, 6.07) is 5.61. The van der Waals surface area contributed by atoms with Gasteiger partial charge in [0.05, 0.1) is 18.1 Å². The third-order valence-corrected chi connectivity index (χ3v) is 5.77. The van der Waals surface area contributed by atoms with E-state index in [2.05, 4.69) is 31.3 Å². The minimum Gasteiger partial charge on any atom is -0.472 e. The highest BCUT2D eigenvalue weighted by Gasteiger charge is 2.17. The summed E-state index contributed by atoms with van der Waals surface area (Å²) in [5, 5.41) is 20.2. The van der Waals surface area contributed by atoms with E-state index in [1.165, 1.54) is 11.3 Å². The molecule has 150 valence electrons. The third-order valence-electron chi connectivity index (χ3n) is 4.41. The minimum atomic E-state index is -0.771. The second-order valence-electron chi connectivity index (χ2n) is 7.37. The molecule has 7 nitrogen and oxygen atoms in total. The van der Waals surface area contributed by atoms with Crippen LogP contribution in [0.15, 0.2) is 50.6 Å². The Hall–Kier alpha value is -2.49. The summed E-state index contributed by atoms with van der Waals surface area (Å²) >= 11 is 4.63. The molecular weight excluding hydrogens is 456 g/mol. The lowest BCUT2D eigenvalue weighted by Crippen LogP contribution is -2.21. The monoisotopic (exact) mass is 474 g/mol. The first kappa shape index (κ1) is 19.8. The molecule has 0 fully saturated rings. The van der Waals surface area contributed by atoms with Gasteiger partial charge in [0.25, 0.3) is 5.91 Å². The zero-order valence-corrected chi connectivity index (χ0v) is 18.2. The number of aromatic nitrogens is 3. The van der Waals surface area contributed by atoms with E-state index in [9.17, 15) is 9.90 Å². The van der Waals surface area contributed by atoms with Crippen molar-refractivity contribution in [3.05, 3.63) is 51.9 Å². The van der Waals surface area contributed by atoms with Crippen LogP contribution in [0, 0.1) is 0 Å². The van der Waals surface area contributed by atoms with Crippen LogP contribution in [0.25, 0.3) is 22.0 Å². The van der Waals surface area contributed by atoms with Gasteiger partial charge in [-0.15, -0.1) is 11.3 Å². The highest BCUT2D eigenvalue weighted by Crippen LogP contribution is 2.32. The van der Waals surface area contributed by atoms with Crippen LogP contribution in [0.4, 0.5) is 5.69 Å². The Bertz CT molecular complexity index is 1160. The fourth-order valence-corrected chi connectivity index (χ4v) is 3.94. The van der Waals surface area contributed by atoms with E-state index in [4.69, 9.17) is 4.42 Å². The average Bonchev–Trinajstić information content (AvgIpc) is 3.39. The van der Waals surface area contributed by atoms with Gasteiger partial charge in [-0.1, -0.05) is 0 Å². The molecule has 0 bridgehead atoms. The average molecular weight is 475 g/mol. The number of nitrogens with zero attached hydrogens (tertiary/aromatic N) is 3. The normalized spacial score (nSPS) is 11.9. The van der Waals surface area contributed by atoms with Crippen molar-refractivity contribution in [2.75, 3.05) is 5.32 Å². The smallest absolute Gasteiger partial charge is 0.275 e. The van der Waals surface area contributed by atoms with Gasteiger partial charge in [0.2, 0.25) is 0 Å². The summed E-state index contributed by atoms with van der Waals surface area (Å²) in [7, 11) is 0. The molecule has 3 aromatic heterocycles. The summed E-state index contributed by atoms with van der Waals surface area (Å²) < 4.78 is 7.71. The number of amides is 1. The van der Waals surface area contributed by atoms with E-state index in [0.29, 0.717) is 28.3 Å². The summed E-state index contributed by atoms with van der Waals surface area (Å²) in [6.45, 7) is 4.13. The van der Waals surface area contributed by atoms with Crippen molar-refractivity contribution in [3.63, 3.8) is 0 Å². The number of hydrogen-bond donors (Lipinski definition) is 2. The fraction of sp³-hybridized carbons (Fsp3) is 0.250. The molecule has 4 rings (SSSR count). The van der Waals surface area contributed by atoms with Crippen LogP contribution in [0.5, 0.6) is 0 Å². The number of aryl methyl sites for hydroxylation is 1. The van der Waals surface area contributed by atoms with Gasteiger partial charge in [-0.2, -0.15) is 5.10 Å². The number of aliphatic hydroxyl groups is 1. The molecule has 4 aromatic rings. The SMILES string of the molecule is CC(C)(O)CCn1cc2cc(NC(=O)c3csc(Br)n3)cc(-c3ccoc3)c2n1. The number of anilines is 1. The Morgan fingerprint density at radius 2 is 2.24 bits per heavy atom. The third kappa shape index (κ3) is 4.58. The number of hydrogen-bond acceptors (Lipinski definition) is 6. The lowest BCUT2D eigenvalue weighted by molar-refractivity contribution is 0.0651. The van der Waals surface area contributed by atoms with Gasteiger partial charge in [0.1, 0.15) is 11.2 Å². The van der Waals surface area contributed by atoms with Crippen molar-refractivity contribution in [2.45, 2.75) is 32.4 Å². The molecule has 0 unspecified atom stereocenters. The van der Waals surface area contributed by atoms with Crippen LogP contribution in [-0.2, 0) is 6.54 Å². The van der Waals surface area contributed by atoms with E-state index in [-0.39, 0.29) is 5.91 Å². The van der Waals surface area contributed by atoms with Gasteiger partial charge in [-0.25, -0.2) is 4.98 Å². The van der Waals surface area contributed by atoms with Crippen molar-refractivity contribution in [3.8, 4) is 11.1 Å². The quantitative estimate of drug-likeness (QED) is 0.413. The van der Waals surface area contributed by atoms with Crippen LogP contribution in [0.3, 0.4) is 0 Å². The summed E-state index contributed by atoms with van der Waals surface area (Å²) in [6.07, 6.45) is 5.74. The van der Waals surface area contributed by atoms with Crippen molar-refractivity contribution < 1.29 is 14.3 Å². The second-order valence-corrected chi connectivity index (χ2v) is 9.50. The molecule has 1 amide bonds. The zero-order valence-electron chi connectivity index (χ0n) is 15.8. The number of fused-ring (bicyclic) bond motifs is 1. The van der Waals surface area contributed by atoms with Crippen molar-refractivity contribution in [1.29, 1.82) is 0 Å². The molecule has 0 aliphatic rings. The summed E-state index contributed by atoms with van der Waals surface area (Å²) in [5.41, 5.74) is 2.75. The number of rotatable bonds is 6. The molecule has 0 saturated carbocycles. The lowest BCUT2D eigenvalue weighted by atomic mass is 10.0. The van der Waals surface area contributed by atoms with Crippen LogP contribution in [0.2, 0.25) is 0 Å². The van der Waals surface area contributed by atoms with Crippen molar-refractivity contribution in [2.24, 2.45) is 0 Å². The molecule has 0 radical (unpaired) electrons. The molecule has 0 aliphatic carbocycles. The van der Waals surface area contributed by atoms with Crippen molar-refractivity contribution in [1.82, 2.24) is 14.8 Å². The fourth-order valence-electron chi connectivity index (χ4n) is 2.95. The first-order valence-electron chi connectivity index (χ1n) is 8.97. The summed E-state index contributed by atoms with van der Waals surface area (Å²) in [5.74, 6) is -0.279. The predicted molar refractivity (Wildman–Crippen MR) is 116 cm³/mol. The van der Waals surface area contributed by atoms with E-state index in [1.54, 1.807) is 31.8 Å². The molecule has 0 spiro atoms. The van der Waals surface area contributed by atoms with Gasteiger partial charge in [-0.05, 0) is 54.4 Å². The topological polar surface area (TPSA) is 93.2 Å². The molecule has 9 heteroatoms. The Morgan fingerprint density at radius 3 is 2.90 bits per heavy atom. The number of carbonyl (C=O) groups is 1. The number of benzene rings is 1. The van der Waals surface area contributed by atoms with E-state index in [0.717, 1.165) is 22.0 Å². The first-order valence-corrected chi connectivity index (χ1v) is 10.6. The molecular formula is C20H19BrN4O3S. The molecule has 2 N–H and O–H groups in total. The predicted octanol–water partition coefficient (Wildman–Crippen LogP) is 4.93. The number of nitrogens with one attached hydrogen (secondary N) is 1. The molecule has 0 atom stereocenters. The molecule has 0 aliphatic heterocycles. The maximum Gasteiger partial charge on any atom is 0.275 e. The Labute approximate surface area is 179 Å². The Balaban J connectivity index is 1.71. The maximum absolute atomic E-state index is 12.5. The lowest BCUT2D eigenvalue weighted by Gasteiger charge is -2.16. The molecule has 3 heterocycles. The van der Waals surface area contributed by atoms with E-state index >= 15 is 0 Å². The zero-order chi connectivity index (χ0) is 20.6.